The fraction of sp³-hybridized carbons (Fsp3) is 0.571. The van der Waals surface area contributed by atoms with Gasteiger partial charge in [0.05, 0.1) is 29.1 Å². The van der Waals surface area contributed by atoms with Crippen LogP contribution in [0.4, 0.5) is 15.8 Å². The largest absolute Gasteiger partial charge is 0.397 e. The van der Waals surface area contributed by atoms with Gasteiger partial charge in [-0.15, -0.1) is 0 Å². The Balaban J connectivity index is 1.72. The van der Waals surface area contributed by atoms with Crippen LogP contribution in [0.5, 0.6) is 0 Å². The second-order valence-corrected chi connectivity index (χ2v) is 6.22. The third-order valence-electron chi connectivity index (χ3n) is 4.14. The minimum atomic E-state index is -0.310. The van der Waals surface area contributed by atoms with Gasteiger partial charge in [-0.2, -0.15) is 0 Å². The molecule has 2 heterocycles. The standard InChI is InChI=1S/C14H19BrFN3O/c15-11-7-14(13(17)8-12(11)16)19-2-1-10(9-19)18-3-5-20-6-4-18/h7-8,10H,1-6,9,17H2. The van der Waals surface area contributed by atoms with Gasteiger partial charge in [-0.1, -0.05) is 0 Å². The number of rotatable bonds is 2. The number of ether oxygens (including phenoxy) is 1. The number of hydrogen-bond donors (Lipinski definition) is 1. The maximum atomic E-state index is 13.4. The van der Waals surface area contributed by atoms with Crippen LogP contribution < -0.4 is 10.6 Å². The summed E-state index contributed by atoms with van der Waals surface area (Å²) in [6.07, 6.45) is 1.12. The van der Waals surface area contributed by atoms with Crippen molar-refractivity contribution in [3.05, 3.63) is 22.4 Å². The molecule has 0 radical (unpaired) electrons. The van der Waals surface area contributed by atoms with Crippen molar-refractivity contribution in [3.8, 4) is 0 Å². The van der Waals surface area contributed by atoms with E-state index >= 15 is 0 Å². The van der Waals surface area contributed by atoms with Crippen molar-refractivity contribution in [1.29, 1.82) is 0 Å². The highest BCUT2D eigenvalue weighted by atomic mass is 79.9. The lowest BCUT2D eigenvalue weighted by atomic mass is 10.2. The van der Waals surface area contributed by atoms with Crippen LogP contribution in [0.25, 0.3) is 0 Å². The Labute approximate surface area is 126 Å². The Bertz CT molecular complexity index is 494. The van der Waals surface area contributed by atoms with Crippen LogP contribution in [-0.2, 0) is 4.74 Å². The summed E-state index contributed by atoms with van der Waals surface area (Å²) < 4.78 is 19.3. The van der Waals surface area contributed by atoms with Gasteiger partial charge < -0.3 is 15.4 Å². The van der Waals surface area contributed by atoms with Crippen LogP contribution in [-0.4, -0.2) is 50.3 Å². The van der Waals surface area contributed by atoms with Gasteiger partial charge in [0, 0.05) is 38.3 Å². The number of nitrogen functional groups attached to an aromatic ring is 1. The summed E-state index contributed by atoms with van der Waals surface area (Å²) in [6.45, 7) is 5.55. The molecule has 1 aromatic carbocycles. The predicted octanol–water partition coefficient (Wildman–Crippen LogP) is 2.08. The summed E-state index contributed by atoms with van der Waals surface area (Å²) in [4.78, 5) is 4.73. The Hall–Kier alpha value is -0.850. The lowest BCUT2D eigenvalue weighted by Crippen LogP contribution is -2.44. The first kappa shape index (κ1) is 14.1. The maximum absolute atomic E-state index is 13.4. The number of anilines is 2. The minimum absolute atomic E-state index is 0.310. The number of nitrogens with two attached hydrogens (primary N) is 1. The summed E-state index contributed by atoms with van der Waals surface area (Å²) >= 11 is 3.23. The zero-order valence-electron chi connectivity index (χ0n) is 11.3. The number of morpholine rings is 1. The van der Waals surface area contributed by atoms with Crippen molar-refractivity contribution < 1.29 is 9.13 Å². The smallest absolute Gasteiger partial charge is 0.139 e. The summed E-state index contributed by atoms with van der Waals surface area (Å²) in [5.41, 5.74) is 7.39. The van der Waals surface area contributed by atoms with Crippen molar-refractivity contribution in [3.63, 3.8) is 0 Å². The van der Waals surface area contributed by atoms with E-state index in [0.717, 1.165) is 51.5 Å². The van der Waals surface area contributed by atoms with Crippen molar-refractivity contribution in [2.75, 3.05) is 50.0 Å². The summed E-state index contributed by atoms with van der Waals surface area (Å²) in [5.74, 6) is -0.310. The Morgan fingerprint density at radius 2 is 2.00 bits per heavy atom. The molecule has 0 aliphatic carbocycles. The summed E-state index contributed by atoms with van der Waals surface area (Å²) in [5, 5.41) is 0. The number of hydrogen-bond acceptors (Lipinski definition) is 4. The zero-order chi connectivity index (χ0) is 14.1. The van der Waals surface area contributed by atoms with Gasteiger partial charge in [0.25, 0.3) is 0 Å². The lowest BCUT2D eigenvalue weighted by molar-refractivity contribution is 0.0209. The van der Waals surface area contributed by atoms with E-state index in [0.29, 0.717) is 16.2 Å². The van der Waals surface area contributed by atoms with Crippen LogP contribution in [0.15, 0.2) is 16.6 Å². The van der Waals surface area contributed by atoms with Crippen molar-refractivity contribution in [1.82, 2.24) is 4.90 Å². The van der Waals surface area contributed by atoms with Crippen LogP contribution >= 0.6 is 15.9 Å². The molecule has 20 heavy (non-hydrogen) atoms. The molecule has 1 aromatic rings. The van der Waals surface area contributed by atoms with Crippen molar-refractivity contribution >= 4 is 27.3 Å². The Kier molecular flexibility index (Phi) is 4.14. The Morgan fingerprint density at radius 3 is 2.75 bits per heavy atom. The molecule has 3 rings (SSSR count). The third-order valence-corrected chi connectivity index (χ3v) is 4.74. The van der Waals surface area contributed by atoms with Crippen LogP contribution in [0, 0.1) is 5.82 Å². The van der Waals surface area contributed by atoms with Gasteiger partial charge in [0.15, 0.2) is 0 Å². The summed E-state index contributed by atoms with van der Waals surface area (Å²) in [7, 11) is 0. The van der Waals surface area contributed by atoms with E-state index in [9.17, 15) is 4.39 Å². The molecule has 0 spiro atoms. The molecular formula is C14H19BrFN3O. The molecule has 2 aliphatic rings. The van der Waals surface area contributed by atoms with Gasteiger partial charge in [0.1, 0.15) is 5.82 Å². The highest BCUT2D eigenvalue weighted by molar-refractivity contribution is 9.10. The molecule has 2 saturated heterocycles. The quantitative estimate of drug-likeness (QED) is 0.835. The molecule has 1 atom stereocenters. The second-order valence-electron chi connectivity index (χ2n) is 5.36. The fourth-order valence-corrected chi connectivity index (χ4v) is 3.36. The van der Waals surface area contributed by atoms with Gasteiger partial charge in [0.2, 0.25) is 0 Å². The first-order valence-corrected chi connectivity index (χ1v) is 7.75. The van der Waals surface area contributed by atoms with E-state index in [1.54, 1.807) is 6.07 Å². The van der Waals surface area contributed by atoms with Gasteiger partial charge >= 0.3 is 0 Å². The van der Waals surface area contributed by atoms with Gasteiger partial charge in [-0.05, 0) is 28.4 Å². The molecule has 0 saturated carbocycles. The Morgan fingerprint density at radius 1 is 1.25 bits per heavy atom. The highest BCUT2D eigenvalue weighted by Gasteiger charge is 2.29. The number of benzene rings is 1. The molecule has 0 bridgehead atoms. The van der Waals surface area contributed by atoms with Gasteiger partial charge in [-0.3, -0.25) is 4.90 Å². The molecule has 2 aliphatic heterocycles. The molecule has 1 unspecified atom stereocenters. The average Bonchev–Trinajstić information content (AvgIpc) is 2.93. The third kappa shape index (κ3) is 2.77. The predicted molar refractivity (Wildman–Crippen MR) is 81.5 cm³/mol. The molecule has 2 fully saturated rings. The highest BCUT2D eigenvalue weighted by Crippen LogP contribution is 2.32. The van der Waals surface area contributed by atoms with Gasteiger partial charge in [-0.25, -0.2) is 4.39 Å². The van der Waals surface area contributed by atoms with Crippen molar-refractivity contribution in [2.24, 2.45) is 0 Å². The first-order chi connectivity index (χ1) is 9.65. The molecule has 2 N–H and O–H groups in total. The maximum Gasteiger partial charge on any atom is 0.139 e. The normalized spacial score (nSPS) is 24.3. The topological polar surface area (TPSA) is 41.7 Å². The van der Waals surface area contributed by atoms with E-state index in [2.05, 4.69) is 25.7 Å². The fourth-order valence-electron chi connectivity index (χ4n) is 3.03. The molecule has 6 heteroatoms. The van der Waals surface area contributed by atoms with Crippen molar-refractivity contribution in [2.45, 2.75) is 12.5 Å². The number of nitrogens with zero attached hydrogens (tertiary/aromatic N) is 2. The van der Waals surface area contributed by atoms with Crippen LogP contribution in [0.3, 0.4) is 0 Å². The molecule has 0 aromatic heterocycles. The monoisotopic (exact) mass is 343 g/mol. The minimum Gasteiger partial charge on any atom is -0.397 e. The van der Waals surface area contributed by atoms with Crippen LogP contribution in [0.1, 0.15) is 6.42 Å². The molecule has 110 valence electrons. The first-order valence-electron chi connectivity index (χ1n) is 6.96. The SMILES string of the molecule is Nc1cc(F)c(Br)cc1N1CCC(N2CCOCC2)C1. The zero-order valence-corrected chi connectivity index (χ0v) is 12.9. The lowest BCUT2D eigenvalue weighted by Gasteiger charge is -2.32. The van der Waals surface area contributed by atoms with Crippen LogP contribution in [0.2, 0.25) is 0 Å². The van der Waals surface area contributed by atoms with E-state index in [4.69, 9.17) is 10.5 Å². The van der Waals surface area contributed by atoms with E-state index < -0.39 is 0 Å². The van der Waals surface area contributed by atoms with E-state index in [1.165, 1.54) is 6.07 Å². The van der Waals surface area contributed by atoms with E-state index in [1.807, 2.05) is 0 Å². The molecule has 0 amide bonds. The average molecular weight is 344 g/mol. The summed E-state index contributed by atoms with van der Waals surface area (Å²) in [6, 6.07) is 3.72. The number of halogens is 2. The van der Waals surface area contributed by atoms with E-state index in [-0.39, 0.29) is 5.82 Å². The second kappa shape index (κ2) is 5.87. The molecule has 4 nitrogen and oxygen atoms in total. The molecular weight excluding hydrogens is 325 g/mol.